The van der Waals surface area contributed by atoms with Crippen LogP contribution in [0.4, 0.5) is 0 Å². The molecule has 0 spiro atoms. The van der Waals surface area contributed by atoms with Gasteiger partial charge in [0.2, 0.25) is 0 Å². The summed E-state index contributed by atoms with van der Waals surface area (Å²) >= 11 is 0. The summed E-state index contributed by atoms with van der Waals surface area (Å²) in [6.45, 7) is 3.79. The Morgan fingerprint density at radius 3 is 2.64 bits per heavy atom. The van der Waals surface area contributed by atoms with Crippen molar-refractivity contribution < 1.29 is 9.47 Å². The molecule has 0 unspecified atom stereocenters. The molecule has 0 radical (unpaired) electrons. The van der Waals surface area contributed by atoms with Gasteiger partial charge >= 0.3 is 0 Å². The van der Waals surface area contributed by atoms with Crippen LogP contribution in [0.3, 0.4) is 0 Å². The number of hydrogen-bond acceptors (Lipinski definition) is 5. The molecule has 0 aliphatic heterocycles. The van der Waals surface area contributed by atoms with E-state index in [1.165, 1.54) is 6.33 Å². The fraction of sp³-hybridized carbons (Fsp3) is 0.438. The molecule has 0 saturated carbocycles. The Hall–Kier alpha value is -2.04. The van der Waals surface area contributed by atoms with Crippen LogP contribution in [0.15, 0.2) is 29.5 Å². The highest BCUT2D eigenvalue weighted by Gasteiger charge is 2.09. The summed E-state index contributed by atoms with van der Waals surface area (Å²) in [5.74, 6) is 2.93. The van der Waals surface area contributed by atoms with E-state index in [0.717, 1.165) is 17.9 Å². The van der Waals surface area contributed by atoms with Crippen molar-refractivity contribution in [3.63, 3.8) is 0 Å². The lowest BCUT2D eigenvalue weighted by atomic mass is 10.2. The van der Waals surface area contributed by atoms with E-state index in [2.05, 4.69) is 25.7 Å². The largest absolute Gasteiger partial charge is 0.493 e. The molecule has 0 saturated heterocycles. The zero-order valence-corrected chi connectivity index (χ0v) is 17.3. The molecule has 9 heteroatoms. The molecule has 1 heterocycles. The first kappa shape index (κ1) is 21.0. The third-order valence-electron chi connectivity index (χ3n) is 3.46. The van der Waals surface area contributed by atoms with E-state index in [1.807, 2.05) is 32.2 Å². The van der Waals surface area contributed by atoms with Crippen molar-refractivity contribution in [1.82, 2.24) is 25.4 Å². The Balaban J connectivity index is 0.00000312. The number of nitrogens with zero attached hydrogens (tertiary/aromatic N) is 4. The molecule has 8 nitrogen and oxygen atoms in total. The van der Waals surface area contributed by atoms with Gasteiger partial charge in [0.05, 0.1) is 27.3 Å². The zero-order valence-electron chi connectivity index (χ0n) is 14.9. The number of rotatable bonds is 7. The number of aliphatic imine (C=N–C) groups is 1. The van der Waals surface area contributed by atoms with Gasteiger partial charge in [-0.15, -0.1) is 24.0 Å². The number of benzene rings is 1. The van der Waals surface area contributed by atoms with Gasteiger partial charge in [0, 0.05) is 19.2 Å². The van der Waals surface area contributed by atoms with Gasteiger partial charge in [-0.05, 0) is 13.0 Å². The first-order valence-corrected chi connectivity index (χ1v) is 7.74. The number of aryl methyl sites for hydroxylation is 1. The lowest BCUT2D eigenvalue weighted by Gasteiger charge is -2.13. The fourth-order valence-electron chi connectivity index (χ4n) is 2.23. The van der Waals surface area contributed by atoms with Gasteiger partial charge in [0.1, 0.15) is 12.2 Å². The number of guanidine groups is 1. The minimum absolute atomic E-state index is 0. The van der Waals surface area contributed by atoms with Crippen molar-refractivity contribution in [3.05, 3.63) is 35.9 Å². The van der Waals surface area contributed by atoms with Crippen molar-refractivity contribution in [1.29, 1.82) is 0 Å². The first-order chi connectivity index (χ1) is 11.7. The van der Waals surface area contributed by atoms with Gasteiger partial charge in [-0.25, -0.2) is 9.98 Å². The molecule has 0 aliphatic carbocycles. The maximum atomic E-state index is 5.44. The summed E-state index contributed by atoms with van der Waals surface area (Å²) in [6, 6.07) is 5.76. The molecule has 2 rings (SSSR count). The van der Waals surface area contributed by atoms with Crippen LogP contribution in [-0.4, -0.2) is 41.5 Å². The maximum Gasteiger partial charge on any atom is 0.191 e. The SMILES string of the molecule is CCNC(=NCc1cccc(OC)c1OC)NCc1ncnn1C.I. The number of methoxy groups -OCH3 is 2. The minimum Gasteiger partial charge on any atom is -0.493 e. The third-order valence-corrected chi connectivity index (χ3v) is 3.46. The predicted molar refractivity (Wildman–Crippen MR) is 108 cm³/mol. The quantitative estimate of drug-likeness (QED) is 0.372. The Morgan fingerprint density at radius 2 is 2.04 bits per heavy atom. The molecule has 1 aromatic heterocycles. The number of ether oxygens (including phenoxy) is 2. The monoisotopic (exact) mass is 460 g/mol. The molecule has 1 aromatic carbocycles. The van der Waals surface area contributed by atoms with Gasteiger partial charge in [-0.3, -0.25) is 4.68 Å². The zero-order chi connectivity index (χ0) is 17.4. The maximum absolute atomic E-state index is 5.44. The van der Waals surface area contributed by atoms with Gasteiger partial charge in [-0.1, -0.05) is 12.1 Å². The van der Waals surface area contributed by atoms with Crippen LogP contribution < -0.4 is 20.1 Å². The second-order valence-electron chi connectivity index (χ2n) is 5.00. The number of aromatic nitrogens is 3. The van der Waals surface area contributed by atoms with E-state index in [1.54, 1.807) is 18.9 Å². The van der Waals surface area contributed by atoms with E-state index < -0.39 is 0 Å². The van der Waals surface area contributed by atoms with Crippen LogP contribution >= 0.6 is 24.0 Å². The second kappa shape index (κ2) is 10.7. The molecule has 0 bridgehead atoms. The van der Waals surface area contributed by atoms with Crippen LogP contribution in [0.1, 0.15) is 18.3 Å². The normalized spacial score (nSPS) is 10.8. The van der Waals surface area contributed by atoms with E-state index in [4.69, 9.17) is 9.47 Å². The smallest absolute Gasteiger partial charge is 0.191 e. The van der Waals surface area contributed by atoms with Crippen molar-refractivity contribution >= 4 is 29.9 Å². The van der Waals surface area contributed by atoms with Gasteiger partial charge in [-0.2, -0.15) is 5.10 Å². The topological polar surface area (TPSA) is 85.6 Å². The summed E-state index contributed by atoms with van der Waals surface area (Å²) in [6.07, 6.45) is 1.53. The number of para-hydroxylation sites is 1. The van der Waals surface area contributed by atoms with Crippen LogP contribution in [0.25, 0.3) is 0 Å². The summed E-state index contributed by atoms with van der Waals surface area (Å²) in [4.78, 5) is 8.78. The highest BCUT2D eigenvalue weighted by Crippen LogP contribution is 2.30. The van der Waals surface area contributed by atoms with Crippen molar-refractivity contribution in [2.24, 2.45) is 12.0 Å². The average molecular weight is 460 g/mol. The molecule has 25 heavy (non-hydrogen) atoms. The van der Waals surface area contributed by atoms with Crippen molar-refractivity contribution in [2.45, 2.75) is 20.0 Å². The van der Waals surface area contributed by atoms with E-state index in [0.29, 0.717) is 30.5 Å². The van der Waals surface area contributed by atoms with Crippen LogP contribution in [-0.2, 0) is 20.1 Å². The third kappa shape index (κ3) is 5.76. The minimum atomic E-state index is 0. The molecule has 0 fully saturated rings. The highest BCUT2D eigenvalue weighted by molar-refractivity contribution is 14.0. The van der Waals surface area contributed by atoms with Crippen LogP contribution in [0.5, 0.6) is 11.5 Å². The number of hydrogen-bond donors (Lipinski definition) is 2. The van der Waals surface area contributed by atoms with Gasteiger partial charge in [0.25, 0.3) is 0 Å². The highest BCUT2D eigenvalue weighted by atomic mass is 127. The second-order valence-corrected chi connectivity index (χ2v) is 5.00. The summed E-state index contributed by atoms with van der Waals surface area (Å²) in [7, 11) is 5.11. The Bertz CT molecular complexity index is 689. The average Bonchev–Trinajstić information content (AvgIpc) is 3.01. The van der Waals surface area contributed by atoms with E-state index >= 15 is 0 Å². The lowest BCUT2D eigenvalue weighted by Crippen LogP contribution is -2.37. The standard InChI is InChI=1S/C16H24N6O2.HI/c1-5-17-16(19-10-14-20-11-21-22(14)2)18-9-12-7-6-8-13(23-3)15(12)24-4;/h6-8,11H,5,9-10H2,1-4H3,(H2,17,18,19);1H. The van der Waals surface area contributed by atoms with Gasteiger partial charge < -0.3 is 20.1 Å². The van der Waals surface area contributed by atoms with E-state index in [9.17, 15) is 0 Å². The summed E-state index contributed by atoms with van der Waals surface area (Å²) in [5, 5.41) is 10.5. The molecule has 0 amide bonds. The number of nitrogens with one attached hydrogen (secondary N) is 2. The molecule has 138 valence electrons. The molecule has 0 atom stereocenters. The van der Waals surface area contributed by atoms with Crippen molar-refractivity contribution in [3.8, 4) is 11.5 Å². The Kier molecular flexibility index (Phi) is 9.03. The van der Waals surface area contributed by atoms with E-state index in [-0.39, 0.29) is 24.0 Å². The molecule has 2 aromatic rings. The Morgan fingerprint density at radius 1 is 1.24 bits per heavy atom. The summed E-state index contributed by atoms with van der Waals surface area (Å²) in [5.41, 5.74) is 0.952. The number of halogens is 1. The predicted octanol–water partition coefficient (Wildman–Crippen LogP) is 1.71. The molecule has 2 N–H and O–H groups in total. The summed E-state index contributed by atoms with van der Waals surface area (Å²) < 4.78 is 12.5. The van der Waals surface area contributed by atoms with Crippen LogP contribution in [0.2, 0.25) is 0 Å². The van der Waals surface area contributed by atoms with Crippen LogP contribution in [0, 0.1) is 0 Å². The lowest BCUT2D eigenvalue weighted by molar-refractivity contribution is 0.352. The first-order valence-electron chi connectivity index (χ1n) is 7.74. The molecular formula is C16H25IN6O2. The molecular weight excluding hydrogens is 435 g/mol. The fourth-order valence-corrected chi connectivity index (χ4v) is 2.23. The Labute approximate surface area is 165 Å². The van der Waals surface area contributed by atoms with Gasteiger partial charge in [0.15, 0.2) is 17.5 Å². The van der Waals surface area contributed by atoms with Crippen molar-refractivity contribution in [2.75, 3.05) is 20.8 Å². The molecule has 0 aliphatic rings.